The normalized spacial score (nSPS) is 19.4. The number of carbonyl (C=O) groups excluding carboxylic acids is 2. The standard InChI is InChI=1S/C20H19N3O4/c1-23-17(11-24)19(27-12-18(23)25)14-5-7-16(8-6-14)22-20(26)15-4-2-3-13(9-15)10-21/h2-9,17,19,24H,11-12H2,1H3,(H,22,26). The fourth-order valence-corrected chi connectivity index (χ4v) is 2.99. The highest BCUT2D eigenvalue weighted by Gasteiger charge is 2.34. The first kappa shape index (κ1) is 18.6. The van der Waals surface area contributed by atoms with Gasteiger partial charge in [-0.05, 0) is 35.9 Å². The number of rotatable bonds is 4. The van der Waals surface area contributed by atoms with Crippen LogP contribution in [0, 0.1) is 11.3 Å². The second-order valence-corrected chi connectivity index (χ2v) is 6.25. The van der Waals surface area contributed by atoms with E-state index in [4.69, 9.17) is 10.00 Å². The van der Waals surface area contributed by atoms with Gasteiger partial charge in [0.05, 0.1) is 24.3 Å². The molecule has 2 aromatic carbocycles. The lowest BCUT2D eigenvalue weighted by Gasteiger charge is -2.38. The maximum atomic E-state index is 12.3. The number of nitrogens with one attached hydrogen (secondary N) is 1. The number of carbonyl (C=O) groups is 2. The van der Waals surface area contributed by atoms with Gasteiger partial charge in [0.2, 0.25) is 5.91 Å². The van der Waals surface area contributed by atoms with Gasteiger partial charge in [-0.25, -0.2) is 0 Å². The third-order valence-electron chi connectivity index (χ3n) is 4.56. The Bertz CT molecular complexity index is 889. The molecule has 27 heavy (non-hydrogen) atoms. The van der Waals surface area contributed by atoms with Crippen LogP contribution in [0.15, 0.2) is 48.5 Å². The van der Waals surface area contributed by atoms with Crippen LogP contribution in [-0.4, -0.2) is 48.1 Å². The summed E-state index contributed by atoms with van der Waals surface area (Å²) in [7, 11) is 1.64. The number of likely N-dealkylation sites (N-methyl/N-ethyl adjacent to an activating group) is 1. The Kier molecular flexibility index (Phi) is 5.50. The Morgan fingerprint density at radius 3 is 2.74 bits per heavy atom. The van der Waals surface area contributed by atoms with Crippen LogP contribution in [0.4, 0.5) is 5.69 Å². The molecule has 2 unspecified atom stereocenters. The summed E-state index contributed by atoms with van der Waals surface area (Å²) in [5, 5.41) is 21.3. The third-order valence-corrected chi connectivity index (χ3v) is 4.56. The molecule has 1 saturated heterocycles. The molecule has 138 valence electrons. The average molecular weight is 365 g/mol. The van der Waals surface area contributed by atoms with E-state index in [0.717, 1.165) is 5.56 Å². The molecule has 0 radical (unpaired) electrons. The predicted octanol–water partition coefficient (Wildman–Crippen LogP) is 1.70. The van der Waals surface area contributed by atoms with E-state index in [0.29, 0.717) is 16.8 Å². The number of benzene rings is 2. The lowest BCUT2D eigenvalue weighted by Crippen LogP contribution is -2.50. The number of nitrogens with zero attached hydrogens (tertiary/aromatic N) is 2. The van der Waals surface area contributed by atoms with Crippen molar-refractivity contribution >= 4 is 17.5 Å². The largest absolute Gasteiger partial charge is 0.394 e. The lowest BCUT2D eigenvalue weighted by molar-refractivity contribution is -0.157. The Balaban J connectivity index is 1.72. The minimum atomic E-state index is -0.458. The van der Waals surface area contributed by atoms with Crippen molar-refractivity contribution in [3.63, 3.8) is 0 Å². The van der Waals surface area contributed by atoms with Crippen LogP contribution < -0.4 is 5.32 Å². The molecule has 2 N–H and O–H groups in total. The van der Waals surface area contributed by atoms with E-state index in [2.05, 4.69) is 5.32 Å². The van der Waals surface area contributed by atoms with Crippen molar-refractivity contribution in [2.45, 2.75) is 12.1 Å². The second kappa shape index (κ2) is 7.99. The number of aliphatic hydroxyl groups excluding tert-OH is 1. The summed E-state index contributed by atoms with van der Waals surface area (Å²) in [4.78, 5) is 25.5. The first-order valence-electron chi connectivity index (χ1n) is 8.43. The van der Waals surface area contributed by atoms with Crippen LogP contribution in [0.25, 0.3) is 0 Å². The van der Waals surface area contributed by atoms with Crippen molar-refractivity contribution in [3.05, 3.63) is 65.2 Å². The molecule has 1 aliphatic heterocycles. The Hall–Kier alpha value is -3.21. The van der Waals surface area contributed by atoms with E-state index >= 15 is 0 Å². The van der Waals surface area contributed by atoms with Gasteiger partial charge in [0.1, 0.15) is 12.7 Å². The van der Waals surface area contributed by atoms with Crippen LogP contribution in [-0.2, 0) is 9.53 Å². The molecule has 3 rings (SSSR count). The van der Waals surface area contributed by atoms with Gasteiger partial charge < -0.3 is 20.1 Å². The molecule has 7 heteroatoms. The number of hydrogen-bond donors (Lipinski definition) is 2. The summed E-state index contributed by atoms with van der Waals surface area (Å²) in [5.74, 6) is -0.485. The smallest absolute Gasteiger partial charge is 0.255 e. The molecule has 2 atom stereocenters. The Morgan fingerprint density at radius 2 is 2.07 bits per heavy atom. The maximum Gasteiger partial charge on any atom is 0.255 e. The Labute approximate surface area is 156 Å². The van der Waals surface area contributed by atoms with Crippen molar-refractivity contribution in [1.29, 1.82) is 5.26 Å². The van der Waals surface area contributed by atoms with Crippen LogP contribution >= 0.6 is 0 Å². The average Bonchev–Trinajstić information content (AvgIpc) is 2.70. The number of amides is 2. The van der Waals surface area contributed by atoms with Crippen molar-refractivity contribution in [2.24, 2.45) is 0 Å². The molecular formula is C20H19N3O4. The topological polar surface area (TPSA) is 103 Å². The second-order valence-electron chi connectivity index (χ2n) is 6.25. The molecule has 0 aromatic heterocycles. The summed E-state index contributed by atoms with van der Waals surface area (Å²) in [6.07, 6.45) is -0.435. The lowest BCUT2D eigenvalue weighted by atomic mass is 9.99. The first-order valence-corrected chi connectivity index (χ1v) is 8.43. The zero-order valence-electron chi connectivity index (χ0n) is 14.8. The highest BCUT2D eigenvalue weighted by Crippen LogP contribution is 2.29. The van der Waals surface area contributed by atoms with Gasteiger partial charge in [-0.15, -0.1) is 0 Å². The molecule has 1 fully saturated rings. The minimum absolute atomic E-state index is 0.0363. The van der Waals surface area contributed by atoms with E-state index in [-0.39, 0.29) is 25.0 Å². The molecule has 0 bridgehead atoms. The van der Waals surface area contributed by atoms with Crippen molar-refractivity contribution in [1.82, 2.24) is 4.90 Å². The molecule has 0 spiro atoms. The fraction of sp³-hybridized carbons (Fsp3) is 0.250. The van der Waals surface area contributed by atoms with Crippen molar-refractivity contribution in [2.75, 3.05) is 25.6 Å². The predicted molar refractivity (Wildman–Crippen MR) is 97.9 cm³/mol. The number of anilines is 1. The SMILES string of the molecule is CN1C(=O)COC(c2ccc(NC(=O)c3cccc(C#N)c3)cc2)C1CO. The number of morpholine rings is 1. The minimum Gasteiger partial charge on any atom is -0.394 e. The van der Waals surface area contributed by atoms with E-state index in [1.54, 1.807) is 49.5 Å². The van der Waals surface area contributed by atoms with Gasteiger partial charge in [0.25, 0.3) is 5.91 Å². The fourth-order valence-electron chi connectivity index (χ4n) is 2.99. The molecule has 2 aromatic rings. The maximum absolute atomic E-state index is 12.3. The molecule has 7 nitrogen and oxygen atoms in total. The van der Waals surface area contributed by atoms with Crippen LogP contribution in [0.5, 0.6) is 0 Å². The van der Waals surface area contributed by atoms with Gasteiger partial charge in [-0.2, -0.15) is 5.26 Å². The summed E-state index contributed by atoms with van der Waals surface area (Å²) < 4.78 is 5.60. The van der Waals surface area contributed by atoms with E-state index in [9.17, 15) is 14.7 Å². The third kappa shape index (κ3) is 3.97. The first-order chi connectivity index (χ1) is 13.0. The van der Waals surface area contributed by atoms with Crippen LogP contribution in [0.3, 0.4) is 0 Å². The zero-order chi connectivity index (χ0) is 19.4. The van der Waals surface area contributed by atoms with Gasteiger partial charge in [-0.3, -0.25) is 9.59 Å². The highest BCUT2D eigenvalue weighted by atomic mass is 16.5. The molecular weight excluding hydrogens is 346 g/mol. The molecule has 0 aliphatic carbocycles. The molecule has 1 aliphatic rings. The zero-order valence-corrected chi connectivity index (χ0v) is 14.8. The van der Waals surface area contributed by atoms with Crippen molar-refractivity contribution < 1.29 is 19.4 Å². The summed E-state index contributed by atoms with van der Waals surface area (Å²) in [6.45, 7) is -0.244. The number of hydrogen-bond acceptors (Lipinski definition) is 5. The molecule has 0 saturated carbocycles. The number of aliphatic hydroxyl groups is 1. The monoisotopic (exact) mass is 365 g/mol. The van der Waals surface area contributed by atoms with E-state index < -0.39 is 12.1 Å². The highest BCUT2D eigenvalue weighted by molar-refractivity contribution is 6.04. The van der Waals surface area contributed by atoms with Crippen LogP contribution in [0.1, 0.15) is 27.6 Å². The van der Waals surface area contributed by atoms with Gasteiger partial charge >= 0.3 is 0 Å². The summed E-state index contributed by atoms with van der Waals surface area (Å²) >= 11 is 0. The number of ether oxygens (including phenoxy) is 1. The summed E-state index contributed by atoms with van der Waals surface area (Å²) in [5.41, 5.74) is 2.21. The van der Waals surface area contributed by atoms with E-state index in [1.165, 1.54) is 11.0 Å². The van der Waals surface area contributed by atoms with Gasteiger partial charge in [0.15, 0.2) is 0 Å². The molecule has 2 amide bonds. The quantitative estimate of drug-likeness (QED) is 0.858. The van der Waals surface area contributed by atoms with Gasteiger partial charge in [0, 0.05) is 18.3 Å². The summed E-state index contributed by atoms with van der Waals surface area (Å²) in [6, 6.07) is 15.0. The Morgan fingerprint density at radius 1 is 1.33 bits per heavy atom. The van der Waals surface area contributed by atoms with Gasteiger partial charge in [-0.1, -0.05) is 18.2 Å². The number of nitriles is 1. The molecule has 1 heterocycles. The van der Waals surface area contributed by atoms with Crippen molar-refractivity contribution in [3.8, 4) is 6.07 Å². The van der Waals surface area contributed by atoms with Crippen LogP contribution in [0.2, 0.25) is 0 Å². The van der Waals surface area contributed by atoms with E-state index in [1.807, 2.05) is 6.07 Å².